The fraction of sp³-hybridized carbons (Fsp3) is 0. The van der Waals surface area contributed by atoms with E-state index in [4.69, 9.17) is 5.84 Å². The average molecular weight is 190 g/mol. The van der Waals surface area contributed by atoms with Crippen LogP contribution >= 0.6 is 0 Å². The standard InChI is InChI=1S/C2H2N6O5/c3-5-2(9)1(6(10)11)4-7(5)8(12)13/h3H2. The summed E-state index contributed by atoms with van der Waals surface area (Å²) < 4.78 is 0. The van der Waals surface area contributed by atoms with Gasteiger partial charge in [0.15, 0.2) is 0 Å². The largest absolute Gasteiger partial charge is 0.442 e. The fourth-order valence-electron chi connectivity index (χ4n) is 0.589. The quantitative estimate of drug-likeness (QED) is 0.312. The molecule has 0 aromatic carbocycles. The van der Waals surface area contributed by atoms with Crippen molar-refractivity contribution >= 4 is 5.82 Å². The highest BCUT2D eigenvalue weighted by Gasteiger charge is 2.26. The first kappa shape index (κ1) is 8.63. The highest BCUT2D eigenvalue weighted by atomic mass is 16.7. The van der Waals surface area contributed by atoms with Gasteiger partial charge in [-0.2, -0.15) is 0 Å². The molecular formula is C2H2N6O5. The van der Waals surface area contributed by atoms with Gasteiger partial charge in [-0.25, -0.2) is 4.79 Å². The van der Waals surface area contributed by atoms with Crippen molar-refractivity contribution in [3.63, 3.8) is 0 Å². The molecule has 13 heavy (non-hydrogen) atoms. The van der Waals surface area contributed by atoms with E-state index in [1.807, 2.05) is 0 Å². The highest BCUT2D eigenvalue weighted by molar-refractivity contribution is 5.09. The van der Waals surface area contributed by atoms with Crippen LogP contribution in [0, 0.1) is 20.2 Å². The second kappa shape index (κ2) is 2.54. The van der Waals surface area contributed by atoms with Crippen LogP contribution in [-0.2, 0) is 0 Å². The predicted molar refractivity (Wildman–Crippen MR) is 35.7 cm³/mol. The molecule has 1 heterocycles. The van der Waals surface area contributed by atoms with Crippen molar-refractivity contribution in [3.8, 4) is 0 Å². The lowest BCUT2D eigenvalue weighted by Gasteiger charge is -1.92. The summed E-state index contributed by atoms with van der Waals surface area (Å²) in [7, 11) is 0. The summed E-state index contributed by atoms with van der Waals surface area (Å²) >= 11 is 0. The first-order chi connectivity index (χ1) is 5.95. The third-order valence-electron chi connectivity index (χ3n) is 1.10. The van der Waals surface area contributed by atoms with Gasteiger partial charge >= 0.3 is 11.4 Å². The SMILES string of the molecule is Nn1c(=O)c([N+](=O)[O-])nn1[N+](=O)[O-]. The molecular weight excluding hydrogens is 188 g/mol. The van der Waals surface area contributed by atoms with E-state index in [1.54, 1.807) is 0 Å². The minimum Gasteiger partial charge on any atom is -0.372 e. The van der Waals surface area contributed by atoms with E-state index in [9.17, 15) is 25.0 Å². The maximum atomic E-state index is 10.7. The smallest absolute Gasteiger partial charge is 0.372 e. The van der Waals surface area contributed by atoms with Crippen LogP contribution in [0.15, 0.2) is 4.79 Å². The molecule has 0 radical (unpaired) electrons. The van der Waals surface area contributed by atoms with E-state index >= 15 is 0 Å². The van der Waals surface area contributed by atoms with E-state index in [0.717, 1.165) is 0 Å². The molecule has 0 aliphatic rings. The Morgan fingerprint density at radius 3 is 2.15 bits per heavy atom. The molecule has 0 bridgehead atoms. The van der Waals surface area contributed by atoms with E-state index < -0.39 is 21.3 Å². The lowest BCUT2D eigenvalue weighted by atomic mass is 10.8. The molecule has 0 atom stereocenters. The summed E-state index contributed by atoms with van der Waals surface area (Å²) in [6.45, 7) is 0. The highest BCUT2D eigenvalue weighted by Crippen LogP contribution is 1.95. The number of nitro groups is 2. The van der Waals surface area contributed by atoms with Crippen molar-refractivity contribution in [1.29, 1.82) is 0 Å². The second-order valence-corrected chi connectivity index (χ2v) is 1.84. The fourth-order valence-corrected chi connectivity index (χ4v) is 0.589. The molecule has 0 amide bonds. The Morgan fingerprint density at radius 2 is 1.92 bits per heavy atom. The van der Waals surface area contributed by atoms with Gasteiger partial charge in [0.2, 0.25) is 0 Å². The van der Waals surface area contributed by atoms with E-state index in [1.165, 1.54) is 0 Å². The molecule has 1 aromatic rings. The summed E-state index contributed by atoms with van der Waals surface area (Å²) in [6, 6.07) is 0. The molecule has 11 nitrogen and oxygen atoms in total. The van der Waals surface area contributed by atoms with Gasteiger partial charge < -0.3 is 20.2 Å². The number of aromatic nitrogens is 3. The number of nitrogens with two attached hydrogens (primary N) is 1. The summed E-state index contributed by atoms with van der Waals surface area (Å²) in [6.07, 6.45) is 0. The summed E-state index contributed by atoms with van der Waals surface area (Å²) in [4.78, 5) is 29.4. The Bertz CT molecular complexity index is 427. The van der Waals surface area contributed by atoms with Crippen molar-refractivity contribution in [2.75, 3.05) is 5.84 Å². The summed E-state index contributed by atoms with van der Waals surface area (Å²) in [5.74, 6) is 3.61. The zero-order valence-corrected chi connectivity index (χ0v) is 5.85. The molecule has 0 aliphatic heterocycles. The zero-order valence-electron chi connectivity index (χ0n) is 5.85. The molecule has 0 aliphatic carbocycles. The Hall–Kier alpha value is -2.46. The van der Waals surface area contributed by atoms with Crippen LogP contribution in [0.2, 0.25) is 0 Å². The van der Waals surface area contributed by atoms with E-state index in [2.05, 4.69) is 5.10 Å². The number of hydrogen-bond donors (Lipinski definition) is 1. The van der Waals surface area contributed by atoms with Gasteiger partial charge in [0.25, 0.3) is 0 Å². The number of hydrogen-bond acceptors (Lipinski definition) is 7. The molecule has 70 valence electrons. The van der Waals surface area contributed by atoms with Gasteiger partial charge in [0.05, 0.1) is 5.10 Å². The summed E-state index contributed by atoms with van der Waals surface area (Å²) in [5.41, 5.74) is -1.35. The van der Waals surface area contributed by atoms with Crippen LogP contribution in [0.3, 0.4) is 0 Å². The molecule has 0 spiro atoms. The minimum atomic E-state index is -1.35. The van der Waals surface area contributed by atoms with Crippen LogP contribution in [0.5, 0.6) is 0 Å². The van der Waals surface area contributed by atoms with Crippen LogP contribution < -0.4 is 11.4 Å². The van der Waals surface area contributed by atoms with Crippen molar-refractivity contribution in [2.45, 2.75) is 0 Å². The Kier molecular flexibility index (Phi) is 1.69. The Labute approximate surface area is 68.2 Å². The first-order valence-electron chi connectivity index (χ1n) is 2.71. The van der Waals surface area contributed by atoms with E-state index in [0.29, 0.717) is 0 Å². The van der Waals surface area contributed by atoms with Crippen molar-refractivity contribution < 1.29 is 9.96 Å². The molecule has 1 rings (SSSR count). The topological polar surface area (TPSA) is 152 Å². The van der Waals surface area contributed by atoms with Gasteiger partial charge in [0, 0.05) is 5.03 Å². The number of nitrogens with zero attached hydrogens (tertiary/aromatic N) is 5. The molecule has 2 N–H and O–H groups in total. The lowest BCUT2D eigenvalue weighted by molar-refractivity contribution is -0.569. The van der Waals surface area contributed by atoms with E-state index in [-0.39, 0.29) is 9.70 Å². The van der Waals surface area contributed by atoms with Crippen LogP contribution in [0.1, 0.15) is 0 Å². The summed E-state index contributed by atoms with van der Waals surface area (Å²) in [5, 5.41) is 21.7. The maximum absolute atomic E-state index is 10.7. The predicted octanol–water partition coefficient (Wildman–Crippen LogP) is -2.29. The van der Waals surface area contributed by atoms with Crippen molar-refractivity contribution in [2.24, 2.45) is 0 Å². The van der Waals surface area contributed by atoms with Crippen LogP contribution in [0.25, 0.3) is 0 Å². The van der Waals surface area contributed by atoms with Crippen LogP contribution in [-0.4, -0.2) is 24.8 Å². The second-order valence-electron chi connectivity index (χ2n) is 1.84. The van der Waals surface area contributed by atoms with Gasteiger partial charge in [0.1, 0.15) is 4.91 Å². The minimum absolute atomic E-state index is 0.0713. The van der Waals surface area contributed by atoms with Crippen molar-refractivity contribution in [3.05, 3.63) is 30.6 Å². The van der Waals surface area contributed by atoms with Gasteiger partial charge in [-0.1, -0.05) is 0 Å². The number of rotatable bonds is 2. The van der Waals surface area contributed by atoms with Gasteiger partial charge in [-0.05, 0) is 9.71 Å². The zero-order chi connectivity index (χ0) is 10.2. The lowest BCUT2D eigenvalue weighted by Crippen LogP contribution is -2.34. The molecule has 0 fully saturated rings. The third-order valence-corrected chi connectivity index (χ3v) is 1.10. The van der Waals surface area contributed by atoms with Gasteiger partial charge in [-0.3, -0.25) is 5.84 Å². The Morgan fingerprint density at radius 1 is 1.38 bits per heavy atom. The van der Waals surface area contributed by atoms with Crippen molar-refractivity contribution in [1.82, 2.24) is 14.8 Å². The average Bonchev–Trinajstić information content (AvgIpc) is 2.29. The van der Waals surface area contributed by atoms with Crippen LogP contribution in [0.4, 0.5) is 5.82 Å². The first-order valence-corrected chi connectivity index (χ1v) is 2.71. The molecule has 0 saturated heterocycles. The normalized spacial score (nSPS) is 9.85. The molecule has 11 heteroatoms. The third kappa shape index (κ3) is 1.17. The van der Waals surface area contributed by atoms with Gasteiger partial charge in [-0.15, -0.1) is 0 Å². The molecule has 0 unspecified atom stereocenters. The molecule has 1 aromatic heterocycles. The monoisotopic (exact) mass is 190 g/mol. The maximum Gasteiger partial charge on any atom is 0.442 e. The number of nitrogen functional groups attached to an aromatic ring is 1. The Balaban J connectivity index is 3.46. The molecule has 0 saturated carbocycles.